The molecule has 5 aliphatic rings. The van der Waals surface area contributed by atoms with E-state index in [4.69, 9.17) is 14.5 Å². The summed E-state index contributed by atoms with van der Waals surface area (Å²) in [5.74, 6) is -3.29. The minimum absolute atomic E-state index is 0.00852. The average Bonchev–Trinajstić information content (AvgIpc) is 3.29. The molecule has 12 heteroatoms. The second kappa shape index (κ2) is 10.9. The van der Waals surface area contributed by atoms with Crippen molar-refractivity contribution in [3.63, 3.8) is 0 Å². The lowest BCUT2D eigenvalue weighted by Gasteiger charge is -2.34. The number of hydrogen-bond donors (Lipinski definition) is 2. The van der Waals surface area contributed by atoms with Gasteiger partial charge in [0.2, 0.25) is 0 Å². The zero-order valence-corrected chi connectivity index (χ0v) is 25.7. The lowest BCUT2D eigenvalue weighted by Crippen LogP contribution is -2.51. The SMILES string of the molecule is Oc1cc(-c2c(F)cc3c(N4CC5CCC(C4)N5)nc(OCC4(CN5C[C@H]6COC[C@H]6C5)CC4)nc3c2F)c2c(F)c(F)ccc2c1. The Kier molecular flexibility index (Phi) is 6.82. The van der Waals surface area contributed by atoms with Gasteiger partial charge in [-0.3, -0.25) is 0 Å². The summed E-state index contributed by atoms with van der Waals surface area (Å²) in [6.45, 7) is 6.16. The van der Waals surface area contributed by atoms with Gasteiger partial charge in [0.1, 0.15) is 22.9 Å². The fraction of sp³-hybridized carbons (Fsp3) is 0.486. The van der Waals surface area contributed by atoms with E-state index in [0.29, 0.717) is 37.4 Å². The molecule has 5 heterocycles. The summed E-state index contributed by atoms with van der Waals surface area (Å²) >= 11 is 0. The molecule has 5 fully saturated rings. The van der Waals surface area contributed by atoms with Crippen LogP contribution in [0.3, 0.4) is 0 Å². The summed E-state index contributed by atoms with van der Waals surface area (Å²) in [5.41, 5.74) is -1.14. The summed E-state index contributed by atoms with van der Waals surface area (Å²) in [4.78, 5) is 13.8. The molecule has 2 bridgehead atoms. The van der Waals surface area contributed by atoms with E-state index in [9.17, 15) is 9.50 Å². The molecule has 4 aromatic rings. The molecule has 3 aromatic carbocycles. The summed E-state index contributed by atoms with van der Waals surface area (Å²) in [7, 11) is 0. The van der Waals surface area contributed by atoms with Crippen LogP contribution in [0.15, 0.2) is 30.3 Å². The fourth-order valence-electron chi connectivity index (χ4n) is 8.39. The van der Waals surface area contributed by atoms with E-state index in [0.717, 1.165) is 76.7 Å². The summed E-state index contributed by atoms with van der Waals surface area (Å²) < 4.78 is 74.3. The van der Waals surface area contributed by atoms with Gasteiger partial charge in [0.05, 0.1) is 25.4 Å². The van der Waals surface area contributed by atoms with Crippen LogP contribution < -0.4 is 15.0 Å². The first-order valence-electron chi connectivity index (χ1n) is 16.5. The molecule has 246 valence electrons. The Balaban J connectivity index is 1.12. The number of aromatic nitrogens is 2. The molecular weight excluding hydrogens is 614 g/mol. The van der Waals surface area contributed by atoms with E-state index in [1.54, 1.807) is 0 Å². The van der Waals surface area contributed by atoms with Crippen molar-refractivity contribution in [3.05, 3.63) is 53.6 Å². The minimum Gasteiger partial charge on any atom is -0.508 e. The number of benzene rings is 3. The van der Waals surface area contributed by atoms with Gasteiger partial charge in [-0.2, -0.15) is 9.97 Å². The molecule has 9 rings (SSSR count). The number of likely N-dealkylation sites (tertiary alicyclic amines) is 1. The van der Waals surface area contributed by atoms with Crippen LogP contribution in [0.2, 0.25) is 0 Å². The molecular formula is C35H35F4N5O3. The molecule has 2 unspecified atom stereocenters. The van der Waals surface area contributed by atoms with Gasteiger partial charge in [-0.15, -0.1) is 0 Å². The fourth-order valence-corrected chi connectivity index (χ4v) is 8.39. The van der Waals surface area contributed by atoms with Crippen LogP contribution in [0.1, 0.15) is 25.7 Å². The molecule has 1 saturated carbocycles. The molecule has 0 spiro atoms. The lowest BCUT2D eigenvalue weighted by molar-refractivity contribution is 0.131. The number of aromatic hydroxyl groups is 1. The summed E-state index contributed by atoms with van der Waals surface area (Å²) in [6.07, 6.45) is 4.01. The molecule has 47 heavy (non-hydrogen) atoms. The van der Waals surface area contributed by atoms with Crippen LogP contribution in [0.4, 0.5) is 23.4 Å². The molecule has 2 N–H and O–H groups in total. The highest BCUT2D eigenvalue weighted by Gasteiger charge is 2.48. The highest BCUT2D eigenvalue weighted by atomic mass is 19.2. The van der Waals surface area contributed by atoms with Gasteiger partial charge in [0.25, 0.3) is 0 Å². The number of fused-ring (bicyclic) bond motifs is 5. The van der Waals surface area contributed by atoms with E-state index in [1.165, 1.54) is 12.1 Å². The smallest absolute Gasteiger partial charge is 0.319 e. The van der Waals surface area contributed by atoms with Gasteiger partial charge in [-0.05, 0) is 55.3 Å². The van der Waals surface area contributed by atoms with Crippen LogP contribution in [0, 0.1) is 40.5 Å². The van der Waals surface area contributed by atoms with Crippen molar-refractivity contribution < 1.29 is 32.1 Å². The van der Waals surface area contributed by atoms with E-state index < -0.39 is 28.8 Å². The molecule has 4 saturated heterocycles. The maximum absolute atomic E-state index is 16.7. The Labute approximate surface area is 268 Å². The number of rotatable bonds is 7. The van der Waals surface area contributed by atoms with E-state index >= 15 is 13.2 Å². The third-order valence-corrected chi connectivity index (χ3v) is 11.0. The third kappa shape index (κ3) is 5.07. The predicted octanol–water partition coefficient (Wildman–Crippen LogP) is 5.39. The third-order valence-electron chi connectivity index (χ3n) is 11.0. The number of halogens is 4. The van der Waals surface area contributed by atoms with Crippen LogP contribution >= 0.6 is 0 Å². The van der Waals surface area contributed by atoms with Gasteiger partial charge in [0, 0.05) is 78.4 Å². The lowest BCUT2D eigenvalue weighted by atomic mass is 9.95. The first-order chi connectivity index (χ1) is 22.7. The van der Waals surface area contributed by atoms with Gasteiger partial charge in [0.15, 0.2) is 17.5 Å². The highest BCUT2D eigenvalue weighted by molar-refractivity contribution is 6.02. The number of nitrogens with one attached hydrogen (secondary N) is 1. The monoisotopic (exact) mass is 649 g/mol. The average molecular weight is 650 g/mol. The molecule has 8 nitrogen and oxygen atoms in total. The van der Waals surface area contributed by atoms with Crippen molar-refractivity contribution in [2.75, 3.05) is 57.4 Å². The Morgan fingerprint density at radius 1 is 0.915 bits per heavy atom. The zero-order chi connectivity index (χ0) is 32.0. The van der Waals surface area contributed by atoms with Crippen molar-refractivity contribution in [2.45, 2.75) is 37.8 Å². The summed E-state index contributed by atoms with van der Waals surface area (Å²) in [6, 6.07) is 6.04. The van der Waals surface area contributed by atoms with Gasteiger partial charge in [-0.1, -0.05) is 6.07 Å². The Bertz CT molecular complexity index is 1900. The molecule has 1 aliphatic carbocycles. The van der Waals surface area contributed by atoms with Crippen molar-refractivity contribution >= 4 is 27.5 Å². The van der Waals surface area contributed by atoms with E-state index in [-0.39, 0.29) is 56.5 Å². The van der Waals surface area contributed by atoms with Crippen molar-refractivity contribution in [1.82, 2.24) is 20.2 Å². The summed E-state index contributed by atoms with van der Waals surface area (Å²) in [5, 5.41) is 13.9. The van der Waals surface area contributed by atoms with Crippen molar-refractivity contribution in [2.24, 2.45) is 17.3 Å². The van der Waals surface area contributed by atoms with E-state index in [1.807, 2.05) is 4.90 Å². The van der Waals surface area contributed by atoms with Crippen LogP contribution in [0.25, 0.3) is 32.8 Å². The molecule has 4 atom stereocenters. The number of nitrogens with zero attached hydrogens (tertiary/aromatic N) is 4. The van der Waals surface area contributed by atoms with Crippen LogP contribution in [0.5, 0.6) is 11.8 Å². The molecule has 1 aromatic heterocycles. The maximum Gasteiger partial charge on any atom is 0.319 e. The Morgan fingerprint density at radius 2 is 1.66 bits per heavy atom. The van der Waals surface area contributed by atoms with Gasteiger partial charge >= 0.3 is 6.01 Å². The molecule has 0 radical (unpaired) electrons. The molecule has 0 amide bonds. The first-order valence-corrected chi connectivity index (χ1v) is 16.5. The standard InChI is InChI=1S/C35H35F4N5O3/c36-26-4-1-18-7-23(45)8-24(28(18)30(26)38)29-27(37)9-25-32(31(29)39)41-34(42-33(25)44-12-21-2-3-22(13-44)40-21)47-17-35(5-6-35)16-43-10-19-14-46-15-20(19)11-43/h1,4,7-9,19-22,40,45H,2-3,5-6,10-17H2/t19-,20+,21?,22?. The minimum atomic E-state index is -1.26. The largest absolute Gasteiger partial charge is 0.508 e. The number of hydrogen-bond acceptors (Lipinski definition) is 8. The number of ether oxygens (including phenoxy) is 2. The van der Waals surface area contributed by atoms with Crippen LogP contribution in [-0.4, -0.2) is 84.6 Å². The second-order valence-corrected chi connectivity index (χ2v) is 14.3. The van der Waals surface area contributed by atoms with Crippen molar-refractivity contribution in [3.8, 4) is 22.9 Å². The highest BCUT2D eigenvalue weighted by Crippen LogP contribution is 2.48. The predicted molar refractivity (Wildman–Crippen MR) is 168 cm³/mol. The number of piperazine rings is 1. The second-order valence-electron chi connectivity index (χ2n) is 14.3. The van der Waals surface area contributed by atoms with Gasteiger partial charge in [-0.25, -0.2) is 17.6 Å². The number of phenolic OH excluding ortho intramolecular Hbond substituents is 1. The maximum atomic E-state index is 16.7. The first kappa shape index (κ1) is 29.4. The van der Waals surface area contributed by atoms with E-state index in [2.05, 4.69) is 15.2 Å². The zero-order valence-electron chi connectivity index (χ0n) is 25.7. The number of anilines is 1. The van der Waals surface area contributed by atoms with Crippen molar-refractivity contribution in [1.29, 1.82) is 0 Å². The normalized spacial score (nSPS) is 26.4. The van der Waals surface area contributed by atoms with Gasteiger partial charge < -0.3 is 29.7 Å². The number of phenols is 1. The Morgan fingerprint density at radius 3 is 2.38 bits per heavy atom. The molecule has 4 aliphatic heterocycles. The topological polar surface area (TPSA) is 83.0 Å². The quantitative estimate of drug-likeness (QED) is 0.258. The van der Waals surface area contributed by atoms with Crippen LogP contribution in [-0.2, 0) is 4.74 Å². The Hall–Kier alpha value is -3.74.